The Bertz CT molecular complexity index is 847. The normalized spacial score (nSPS) is 11.2. The van der Waals surface area contributed by atoms with E-state index in [0.29, 0.717) is 5.39 Å². The van der Waals surface area contributed by atoms with E-state index in [1.807, 2.05) is 44.2 Å². The molecule has 0 saturated carbocycles. The first kappa shape index (κ1) is 13.6. The van der Waals surface area contributed by atoms with Gasteiger partial charge in [0.05, 0.1) is 5.69 Å². The predicted octanol–water partition coefficient (Wildman–Crippen LogP) is 4.39. The molecule has 0 spiro atoms. The number of rotatable bonds is 2. The molecule has 2 aromatic carbocycles. The molecule has 1 aromatic heterocycles. The lowest BCUT2D eigenvalue weighted by Gasteiger charge is -2.18. The van der Waals surface area contributed by atoms with E-state index in [2.05, 4.69) is 0 Å². The quantitative estimate of drug-likeness (QED) is 0.683. The number of pyridine rings is 1. The molecule has 2 nitrogen and oxygen atoms in total. The maximum Gasteiger partial charge on any atom is 0.259 e. The second-order valence-corrected chi connectivity index (χ2v) is 5.39. The Morgan fingerprint density at radius 3 is 2.33 bits per heavy atom. The van der Waals surface area contributed by atoms with Gasteiger partial charge in [0.1, 0.15) is 5.82 Å². The molecule has 0 aliphatic heterocycles. The van der Waals surface area contributed by atoms with Gasteiger partial charge in [-0.3, -0.25) is 4.79 Å². The Kier molecular flexibility index (Phi) is 3.34. The summed E-state index contributed by atoms with van der Waals surface area (Å²) in [7, 11) is 0. The number of aromatic nitrogens is 1. The fourth-order valence-electron chi connectivity index (χ4n) is 2.63. The summed E-state index contributed by atoms with van der Waals surface area (Å²) in [4.78, 5) is 12.7. The van der Waals surface area contributed by atoms with Gasteiger partial charge in [0, 0.05) is 11.4 Å². The van der Waals surface area contributed by atoms with Crippen LogP contribution in [0.15, 0.2) is 59.4 Å². The average Bonchev–Trinajstić information content (AvgIpc) is 2.47. The maximum atomic E-state index is 13.1. The lowest BCUT2D eigenvalue weighted by atomic mass is 10.1. The molecule has 0 N–H and O–H groups in total. The smallest absolute Gasteiger partial charge is 0.259 e. The third-order valence-electron chi connectivity index (χ3n) is 3.62. The second-order valence-electron chi connectivity index (χ2n) is 5.39. The molecule has 0 aliphatic carbocycles. The van der Waals surface area contributed by atoms with Crippen LogP contribution in [-0.4, -0.2) is 4.57 Å². The highest BCUT2D eigenvalue weighted by molar-refractivity contribution is 5.85. The first-order valence-electron chi connectivity index (χ1n) is 6.98. The molecular formula is C18H16FNO. The van der Waals surface area contributed by atoms with Gasteiger partial charge < -0.3 is 4.57 Å². The van der Waals surface area contributed by atoms with Crippen LogP contribution in [0.1, 0.15) is 19.9 Å². The van der Waals surface area contributed by atoms with Gasteiger partial charge >= 0.3 is 0 Å². The van der Waals surface area contributed by atoms with Crippen molar-refractivity contribution in [3.05, 3.63) is 70.8 Å². The van der Waals surface area contributed by atoms with Gasteiger partial charge in [-0.05, 0) is 61.2 Å². The molecule has 0 fully saturated rings. The van der Waals surface area contributed by atoms with E-state index in [1.165, 1.54) is 12.1 Å². The van der Waals surface area contributed by atoms with Crippen molar-refractivity contribution in [3.8, 4) is 11.3 Å². The Hall–Kier alpha value is -2.42. The van der Waals surface area contributed by atoms with Crippen molar-refractivity contribution in [2.24, 2.45) is 0 Å². The molecule has 0 amide bonds. The largest absolute Gasteiger partial charge is 0.305 e. The molecule has 0 bridgehead atoms. The zero-order valence-electron chi connectivity index (χ0n) is 12.0. The summed E-state index contributed by atoms with van der Waals surface area (Å²) in [5, 5.41) is 1.61. The molecule has 0 aliphatic rings. The highest BCUT2D eigenvalue weighted by Crippen LogP contribution is 2.25. The maximum absolute atomic E-state index is 13.1. The summed E-state index contributed by atoms with van der Waals surface area (Å²) in [6, 6.07) is 15.8. The van der Waals surface area contributed by atoms with Crippen LogP contribution in [0, 0.1) is 5.82 Å². The van der Waals surface area contributed by atoms with Crippen molar-refractivity contribution < 1.29 is 4.39 Å². The van der Waals surface area contributed by atoms with Crippen molar-refractivity contribution in [2.45, 2.75) is 19.9 Å². The molecule has 0 atom stereocenters. The van der Waals surface area contributed by atoms with E-state index in [4.69, 9.17) is 0 Å². The van der Waals surface area contributed by atoms with Gasteiger partial charge in [-0.15, -0.1) is 0 Å². The van der Waals surface area contributed by atoms with Gasteiger partial charge in [0.25, 0.3) is 5.56 Å². The summed E-state index contributed by atoms with van der Waals surface area (Å²) in [6.07, 6.45) is 0. The summed E-state index contributed by atoms with van der Waals surface area (Å²) < 4.78 is 14.9. The molecular weight excluding hydrogens is 265 g/mol. The topological polar surface area (TPSA) is 22.0 Å². The fourth-order valence-corrected chi connectivity index (χ4v) is 2.63. The number of benzene rings is 2. The summed E-state index contributed by atoms with van der Waals surface area (Å²) in [6.45, 7) is 3.95. The SMILES string of the molecule is CC(C)n1c(-c2ccc(F)cc2)cc2ccccc2c1=O. The zero-order chi connectivity index (χ0) is 15.0. The first-order valence-corrected chi connectivity index (χ1v) is 6.98. The molecule has 0 radical (unpaired) electrons. The number of hydrogen-bond donors (Lipinski definition) is 0. The predicted molar refractivity (Wildman–Crippen MR) is 84.0 cm³/mol. The first-order chi connectivity index (χ1) is 10.1. The van der Waals surface area contributed by atoms with Crippen LogP contribution in [0.2, 0.25) is 0 Å². The van der Waals surface area contributed by atoms with E-state index in [9.17, 15) is 9.18 Å². The zero-order valence-corrected chi connectivity index (χ0v) is 12.0. The summed E-state index contributed by atoms with van der Waals surface area (Å²) in [5.41, 5.74) is 1.64. The van der Waals surface area contributed by atoms with E-state index in [0.717, 1.165) is 16.6 Å². The third kappa shape index (κ3) is 2.35. The van der Waals surface area contributed by atoms with Crippen molar-refractivity contribution in [2.75, 3.05) is 0 Å². The Balaban J connectivity index is 2.38. The monoisotopic (exact) mass is 281 g/mol. The second kappa shape index (κ2) is 5.17. The van der Waals surface area contributed by atoms with E-state index >= 15 is 0 Å². The van der Waals surface area contributed by atoms with Crippen LogP contribution in [0.4, 0.5) is 4.39 Å². The number of fused-ring (bicyclic) bond motifs is 1. The summed E-state index contributed by atoms with van der Waals surface area (Å²) in [5.74, 6) is -0.280. The van der Waals surface area contributed by atoms with Gasteiger partial charge in [0.2, 0.25) is 0 Å². The van der Waals surface area contributed by atoms with Crippen molar-refractivity contribution in [3.63, 3.8) is 0 Å². The molecule has 3 rings (SSSR count). The molecule has 1 heterocycles. The number of hydrogen-bond acceptors (Lipinski definition) is 1. The average molecular weight is 281 g/mol. The molecule has 3 aromatic rings. The van der Waals surface area contributed by atoms with Crippen molar-refractivity contribution >= 4 is 10.8 Å². The van der Waals surface area contributed by atoms with Crippen molar-refractivity contribution in [1.82, 2.24) is 4.57 Å². The highest BCUT2D eigenvalue weighted by Gasteiger charge is 2.13. The van der Waals surface area contributed by atoms with Gasteiger partial charge in [-0.1, -0.05) is 18.2 Å². The van der Waals surface area contributed by atoms with E-state index in [-0.39, 0.29) is 17.4 Å². The highest BCUT2D eigenvalue weighted by atomic mass is 19.1. The van der Waals surface area contributed by atoms with Crippen LogP contribution in [0.25, 0.3) is 22.0 Å². The lowest BCUT2D eigenvalue weighted by molar-refractivity contribution is 0.589. The lowest BCUT2D eigenvalue weighted by Crippen LogP contribution is -2.23. The van der Waals surface area contributed by atoms with Crippen LogP contribution in [0.3, 0.4) is 0 Å². The fraction of sp³-hybridized carbons (Fsp3) is 0.167. The standard InChI is InChI=1S/C18H16FNO/c1-12(2)20-17(13-7-9-15(19)10-8-13)11-14-5-3-4-6-16(14)18(20)21/h3-12H,1-2H3. The Morgan fingerprint density at radius 2 is 1.67 bits per heavy atom. The van der Waals surface area contributed by atoms with Gasteiger partial charge in [-0.25, -0.2) is 4.39 Å². The molecule has 0 saturated heterocycles. The number of nitrogens with zero attached hydrogens (tertiary/aromatic N) is 1. The van der Waals surface area contributed by atoms with Gasteiger partial charge in [0.15, 0.2) is 0 Å². The molecule has 106 valence electrons. The minimum atomic E-state index is -0.280. The molecule has 21 heavy (non-hydrogen) atoms. The van der Waals surface area contributed by atoms with Crippen LogP contribution in [-0.2, 0) is 0 Å². The molecule has 0 unspecified atom stereocenters. The Labute approximate surface area is 122 Å². The third-order valence-corrected chi connectivity index (χ3v) is 3.62. The van der Waals surface area contributed by atoms with E-state index < -0.39 is 0 Å². The van der Waals surface area contributed by atoms with E-state index in [1.54, 1.807) is 16.7 Å². The number of halogens is 1. The van der Waals surface area contributed by atoms with Crippen LogP contribution >= 0.6 is 0 Å². The minimum Gasteiger partial charge on any atom is -0.305 e. The summed E-state index contributed by atoms with van der Waals surface area (Å²) >= 11 is 0. The van der Waals surface area contributed by atoms with Gasteiger partial charge in [-0.2, -0.15) is 0 Å². The Morgan fingerprint density at radius 1 is 1.00 bits per heavy atom. The van der Waals surface area contributed by atoms with Crippen LogP contribution in [0.5, 0.6) is 0 Å². The van der Waals surface area contributed by atoms with Crippen molar-refractivity contribution in [1.29, 1.82) is 0 Å². The van der Waals surface area contributed by atoms with Crippen LogP contribution < -0.4 is 5.56 Å². The molecule has 3 heteroatoms. The minimum absolute atomic E-state index is 0.0116.